The molecule has 0 saturated carbocycles. The molecule has 1 aromatic heterocycles. The first-order valence-corrected chi connectivity index (χ1v) is 8.52. The van der Waals surface area contributed by atoms with Crippen LogP contribution in [-0.2, 0) is 4.79 Å². The monoisotopic (exact) mass is 340 g/mol. The van der Waals surface area contributed by atoms with Crippen LogP contribution in [0.15, 0.2) is 24.3 Å². The topological polar surface area (TPSA) is 91.2 Å². The second-order valence-electron chi connectivity index (χ2n) is 6.56. The van der Waals surface area contributed by atoms with Gasteiger partial charge in [-0.1, -0.05) is 6.08 Å². The van der Waals surface area contributed by atoms with Gasteiger partial charge in [0.25, 0.3) is 5.91 Å². The fraction of sp³-hybridized carbons (Fsp3) is 0.368. The summed E-state index contributed by atoms with van der Waals surface area (Å²) in [5.41, 5.74) is 9.85. The fourth-order valence-corrected chi connectivity index (χ4v) is 3.46. The average molecular weight is 340 g/mol. The molecule has 132 valence electrons. The highest BCUT2D eigenvalue weighted by Crippen LogP contribution is 2.32. The van der Waals surface area contributed by atoms with E-state index < -0.39 is 5.91 Å². The van der Waals surface area contributed by atoms with Crippen LogP contribution in [0.5, 0.6) is 0 Å². The number of likely N-dealkylation sites (tertiary alicyclic amines) is 1. The number of hydrogen-bond donors (Lipinski definition) is 3. The molecule has 1 fully saturated rings. The van der Waals surface area contributed by atoms with Crippen LogP contribution in [0.4, 0.5) is 5.69 Å². The molecule has 6 heteroatoms. The second-order valence-corrected chi connectivity index (χ2v) is 6.56. The molecular weight excluding hydrogens is 316 g/mol. The molecule has 1 aliphatic heterocycles. The summed E-state index contributed by atoms with van der Waals surface area (Å²) in [6.07, 6.45) is 4.26. The first-order valence-electron chi connectivity index (χ1n) is 8.52. The van der Waals surface area contributed by atoms with Gasteiger partial charge in [-0.25, -0.2) is 0 Å². The number of allylic oxidation sites excluding steroid dienone is 1. The number of primary amides is 1. The summed E-state index contributed by atoms with van der Waals surface area (Å²) in [5, 5.41) is 4.53. The highest BCUT2D eigenvalue weighted by atomic mass is 16.2. The molecule has 0 aliphatic carbocycles. The lowest BCUT2D eigenvalue weighted by molar-refractivity contribution is -0.125. The number of anilines is 1. The van der Waals surface area contributed by atoms with Crippen LogP contribution in [0.1, 0.15) is 35.0 Å². The van der Waals surface area contributed by atoms with Gasteiger partial charge in [0.15, 0.2) is 0 Å². The zero-order chi connectivity index (χ0) is 18.1. The number of benzene rings is 1. The van der Waals surface area contributed by atoms with Crippen molar-refractivity contribution in [2.24, 2.45) is 5.73 Å². The third-order valence-corrected chi connectivity index (χ3v) is 4.89. The van der Waals surface area contributed by atoms with Gasteiger partial charge in [-0.3, -0.25) is 9.59 Å². The summed E-state index contributed by atoms with van der Waals surface area (Å²) in [5.74, 6) is -0.392. The third-order valence-electron chi connectivity index (χ3n) is 4.89. The standard InChI is InChI=1S/C19H24N4O2/c1-4-5-16(24)23-9-8-13(10-23)22-15-7-6-14(19(20)25)18-17(15)11(2)12(3)21-18/h4-7,13,21-22H,8-10H2,1-3H3,(H2,20,25)/b5-4-. The quantitative estimate of drug-likeness (QED) is 0.747. The third kappa shape index (κ3) is 3.12. The van der Waals surface area contributed by atoms with Crippen molar-refractivity contribution in [2.75, 3.05) is 18.4 Å². The van der Waals surface area contributed by atoms with Gasteiger partial charge >= 0.3 is 0 Å². The highest BCUT2D eigenvalue weighted by Gasteiger charge is 2.26. The lowest BCUT2D eigenvalue weighted by atomic mass is 10.0. The number of carbonyl (C=O) groups is 2. The molecular formula is C19H24N4O2. The average Bonchev–Trinajstić information content (AvgIpc) is 3.13. The number of fused-ring (bicyclic) bond motifs is 1. The van der Waals surface area contributed by atoms with Crippen LogP contribution < -0.4 is 11.1 Å². The zero-order valence-corrected chi connectivity index (χ0v) is 14.8. The smallest absolute Gasteiger partial charge is 0.250 e. The first kappa shape index (κ1) is 17.1. The molecule has 0 radical (unpaired) electrons. The van der Waals surface area contributed by atoms with Crippen LogP contribution in [0.25, 0.3) is 10.9 Å². The molecule has 6 nitrogen and oxygen atoms in total. The molecule has 1 aromatic carbocycles. The number of aromatic amines is 1. The molecule has 1 atom stereocenters. The Morgan fingerprint density at radius 2 is 2.12 bits per heavy atom. The number of rotatable bonds is 4. The van der Waals surface area contributed by atoms with Gasteiger partial charge in [-0.05, 0) is 51.0 Å². The predicted octanol–water partition coefficient (Wildman–Crippen LogP) is 2.47. The Labute approximate surface area is 147 Å². The van der Waals surface area contributed by atoms with Gasteiger partial charge in [-0.15, -0.1) is 0 Å². The molecule has 1 unspecified atom stereocenters. The van der Waals surface area contributed by atoms with E-state index in [-0.39, 0.29) is 11.9 Å². The Kier molecular flexibility index (Phi) is 4.53. The van der Waals surface area contributed by atoms with Gasteiger partial charge in [-0.2, -0.15) is 0 Å². The van der Waals surface area contributed by atoms with Crippen molar-refractivity contribution in [3.63, 3.8) is 0 Å². The van der Waals surface area contributed by atoms with E-state index in [1.807, 2.05) is 31.7 Å². The van der Waals surface area contributed by atoms with Crippen molar-refractivity contribution < 1.29 is 9.59 Å². The molecule has 3 rings (SSSR count). The van der Waals surface area contributed by atoms with E-state index in [1.54, 1.807) is 18.2 Å². The summed E-state index contributed by atoms with van der Waals surface area (Å²) in [7, 11) is 0. The van der Waals surface area contributed by atoms with E-state index >= 15 is 0 Å². The van der Waals surface area contributed by atoms with E-state index in [1.165, 1.54) is 0 Å². The van der Waals surface area contributed by atoms with Crippen LogP contribution in [0.3, 0.4) is 0 Å². The Morgan fingerprint density at radius 1 is 1.36 bits per heavy atom. The molecule has 4 N–H and O–H groups in total. The van der Waals surface area contributed by atoms with Gasteiger partial charge in [0, 0.05) is 35.9 Å². The number of nitrogens with zero attached hydrogens (tertiary/aromatic N) is 1. The van der Waals surface area contributed by atoms with Crippen molar-refractivity contribution in [3.05, 3.63) is 41.1 Å². The molecule has 1 saturated heterocycles. The predicted molar refractivity (Wildman–Crippen MR) is 99.7 cm³/mol. The maximum absolute atomic E-state index is 12.0. The summed E-state index contributed by atoms with van der Waals surface area (Å²) < 4.78 is 0. The molecule has 2 amide bonds. The molecule has 0 spiro atoms. The minimum Gasteiger partial charge on any atom is -0.380 e. The Balaban J connectivity index is 1.89. The lowest BCUT2D eigenvalue weighted by Gasteiger charge is -2.17. The molecule has 0 bridgehead atoms. The Morgan fingerprint density at radius 3 is 2.80 bits per heavy atom. The van der Waals surface area contributed by atoms with E-state index in [9.17, 15) is 9.59 Å². The van der Waals surface area contributed by atoms with Crippen LogP contribution in [0, 0.1) is 13.8 Å². The van der Waals surface area contributed by atoms with Gasteiger partial charge in [0.2, 0.25) is 5.91 Å². The summed E-state index contributed by atoms with van der Waals surface area (Å²) in [6, 6.07) is 3.84. The van der Waals surface area contributed by atoms with E-state index in [0.717, 1.165) is 40.8 Å². The number of hydrogen-bond acceptors (Lipinski definition) is 3. The van der Waals surface area contributed by atoms with Gasteiger partial charge in [0.05, 0.1) is 11.1 Å². The number of H-pyrrole nitrogens is 1. The molecule has 1 aliphatic rings. The summed E-state index contributed by atoms with van der Waals surface area (Å²) >= 11 is 0. The molecule has 2 heterocycles. The van der Waals surface area contributed by atoms with Crippen molar-refractivity contribution in [1.82, 2.24) is 9.88 Å². The lowest BCUT2D eigenvalue weighted by Crippen LogP contribution is -2.30. The minimum atomic E-state index is -0.443. The van der Waals surface area contributed by atoms with Crippen molar-refractivity contribution >= 4 is 28.4 Å². The molecule has 2 aromatic rings. The van der Waals surface area contributed by atoms with Crippen molar-refractivity contribution in [2.45, 2.75) is 33.2 Å². The Hall–Kier alpha value is -2.76. The first-order chi connectivity index (χ1) is 11.9. The van der Waals surface area contributed by atoms with Crippen LogP contribution >= 0.6 is 0 Å². The number of aryl methyl sites for hydroxylation is 2. The van der Waals surface area contributed by atoms with E-state index in [4.69, 9.17) is 5.73 Å². The van der Waals surface area contributed by atoms with Gasteiger partial charge < -0.3 is 20.9 Å². The van der Waals surface area contributed by atoms with E-state index in [2.05, 4.69) is 10.3 Å². The van der Waals surface area contributed by atoms with Crippen LogP contribution in [-0.4, -0.2) is 40.8 Å². The summed E-state index contributed by atoms with van der Waals surface area (Å²) in [4.78, 5) is 28.8. The van der Waals surface area contributed by atoms with Crippen molar-refractivity contribution in [3.8, 4) is 0 Å². The Bertz CT molecular complexity index is 866. The number of nitrogens with one attached hydrogen (secondary N) is 2. The largest absolute Gasteiger partial charge is 0.380 e. The van der Waals surface area contributed by atoms with Crippen LogP contribution in [0.2, 0.25) is 0 Å². The SMILES string of the molecule is C/C=C\C(=O)N1CCC(Nc2ccc(C(N)=O)c3[nH]c(C)c(C)c23)C1. The minimum absolute atomic E-state index is 0.0506. The number of carbonyl (C=O) groups excluding carboxylic acids is 2. The van der Waals surface area contributed by atoms with Crippen molar-refractivity contribution in [1.29, 1.82) is 0 Å². The molecule has 25 heavy (non-hydrogen) atoms. The summed E-state index contributed by atoms with van der Waals surface area (Å²) in [6.45, 7) is 7.27. The van der Waals surface area contributed by atoms with Gasteiger partial charge in [0.1, 0.15) is 0 Å². The maximum atomic E-state index is 12.0. The number of nitrogens with two attached hydrogens (primary N) is 1. The number of amides is 2. The number of aromatic nitrogens is 1. The highest BCUT2D eigenvalue weighted by molar-refractivity contribution is 6.09. The second kappa shape index (κ2) is 6.63. The van der Waals surface area contributed by atoms with E-state index in [0.29, 0.717) is 12.1 Å². The maximum Gasteiger partial charge on any atom is 0.250 e. The zero-order valence-electron chi connectivity index (χ0n) is 14.8. The fourth-order valence-electron chi connectivity index (χ4n) is 3.46. The normalized spacial score (nSPS) is 17.6.